The van der Waals surface area contributed by atoms with Crippen molar-refractivity contribution in [2.75, 3.05) is 0 Å². The van der Waals surface area contributed by atoms with E-state index in [4.69, 9.17) is 4.42 Å². The molecule has 0 saturated carbocycles. The average molecular weight is 239 g/mol. The Labute approximate surface area is 102 Å². The fourth-order valence-electron chi connectivity index (χ4n) is 1.78. The highest BCUT2D eigenvalue weighted by Gasteiger charge is 2.08. The predicted octanol–water partition coefficient (Wildman–Crippen LogP) is 2.56. The molecule has 0 bridgehead atoms. The number of pyridine rings is 1. The molecule has 2 aromatic heterocycles. The quantitative estimate of drug-likeness (QED) is 0.708. The molecule has 0 aliphatic rings. The third-order valence-electron chi connectivity index (χ3n) is 2.61. The lowest BCUT2D eigenvalue weighted by Gasteiger charge is -2.02. The standard InChI is InChI=1S/C14H9NO3/c16-10-6-13-14(15-8-10)11(17)7-12(18-13)9-4-2-1-3-5-9/h1-8,16H. The van der Waals surface area contributed by atoms with Crippen LogP contribution in [0.2, 0.25) is 0 Å². The molecule has 2 heterocycles. The monoisotopic (exact) mass is 239 g/mol. The van der Waals surface area contributed by atoms with Crippen LogP contribution in [-0.2, 0) is 0 Å². The van der Waals surface area contributed by atoms with Gasteiger partial charge < -0.3 is 9.52 Å². The van der Waals surface area contributed by atoms with E-state index in [1.807, 2.05) is 30.3 Å². The number of rotatable bonds is 1. The molecule has 0 spiro atoms. The summed E-state index contributed by atoms with van der Waals surface area (Å²) in [6.45, 7) is 0. The fourth-order valence-corrected chi connectivity index (χ4v) is 1.78. The van der Waals surface area contributed by atoms with Crippen molar-refractivity contribution >= 4 is 11.1 Å². The van der Waals surface area contributed by atoms with Crippen molar-refractivity contribution in [1.29, 1.82) is 0 Å². The second-order valence-corrected chi connectivity index (χ2v) is 3.88. The summed E-state index contributed by atoms with van der Waals surface area (Å²) in [6.07, 6.45) is 1.22. The van der Waals surface area contributed by atoms with Gasteiger partial charge in [-0.1, -0.05) is 30.3 Å². The molecule has 0 unspecified atom stereocenters. The van der Waals surface area contributed by atoms with Crippen molar-refractivity contribution < 1.29 is 9.52 Å². The van der Waals surface area contributed by atoms with E-state index in [0.717, 1.165) is 5.56 Å². The summed E-state index contributed by atoms with van der Waals surface area (Å²) in [5.41, 5.74) is 1.07. The molecule has 1 N–H and O–H groups in total. The van der Waals surface area contributed by atoms with Gasteiger partial charge >= 0.3 is 0 Å². The van der Waals surface area contributed by atoms with Crippen LogP contribution in [0.5, 0.6) is 5.75 Å². The zero-order chi connectivity index (χ0) is 12.5. The molecule has 0 atom stereocenters. The molecular weight excluding hydrogens is 230 g/mol. The Hall–Kier alpha value is -2.62. The van der Waals surface area contributed by atoms with Crippen LogP contribution in [0.25, 0.3) is 22.4 Å². The molecular formula is C14H9NO3. The predicted molar refractivity (Wildman–Crippen MR) is 67.4 cm³/mol. The van der Waals surface area contributed by atoms with Crippen LogP contribution < -0.4 is 5.43 Å². The van der Waals surface area contributed by atoms with Gasteiger partial charge in [0, 0.05) is 17.7 Å². The third-order valence-corrected chi connectivity index (χ3v) is 2.61. The number of benzene rings is 1. The topological polar surface area (TPSA) is 63.3 Å². The maximum Gasteiger partial charge on any atom is 0.211 e. The molecule has 18 heavy (non-hydrogen) atoms. The summed E-state index contributed by atoms with van der Waals surface area (Å²) < 4.78 is 5.59. The number of fused-ring (bicyclic) bond motifs is 1. The highest BCUT2D eigenvalue weighted by molar-refractivity contribution is 5.75. The Balaban J connectivity index is 2.30. The number of nitrogens with zero attached hydrogens (tertiary/aromatic N) is 1. The van der Waals surface area contributed by atoms with Crippen LogP contribution in [0.4, 0.5) is 0 Å². The number of hydrogen-bond acceptors (Lipinski definition) is 4. The van der Waals surface area contributed by atoms with Crippen molar-refractivity contribution in [3.63, 3.8) is 0 Å². The number of aromatic hydroxyl groups is 1. The molecule has 3 rings (SSSR count). The Morgan fingerprint density at radius 2 is 1.89 bits per heavy atom. The Bertz CT molecular complexity index is 763. The summed E-state index contributed by atoms with van der Waals surface area (Å²) in [5, 5.41) is 9.36. The fraction of sp³-hybridized carbons (Fsp3) is 0. The molecule has 0 saturated heterocycles. The summed E-state index contributed by atoms with van der Waals surface area (Å²) in [4.78, 5) is 15.7. The minimum atomic E-state index is -0.227. The smallest absolute Gasteiger partial charge is 0.211 e. The summed E-state index contributed by atoms with van der Waals surface area (Å²) >= 11 is 0. The third kappa shape index (κ3) is 1.73. The van der Waals surface area contributed by atoms with Crippen LogP contribution in [0.3, 0.4) is 0 Å². The lowest BCUT2D eigenvalue weighted by molar-refractivity contribution is 0.471. The Morgan fingerprint density at radius 3 is 2.67 bits per heavy atom. The second kappa shape index (κ2) is 4.00. The molecule has 0 aliphatic carbocycles. The Kier molecular flexibility index (Phi) is 2.34. The van der Waals surface area contributed by atoms with Gasteiger partial charge in [0.2, 0.25) is 5.43 Å². The van der Waals surface area contributed by atoms with Gasteiger partial charge in [-0.25, -0.2) is 4.98 Å². The van der Waals surface area contributed by atoms with Crippen LogP contribution in [0, 0.1) is 0 Å². The first-order valence-corrected chi connectivity index (χ1v) is 5.42. The zero-order valence-corrected chi connectivity index (χ0v) is 9.33. The number of aromatic nitrogens is 1. The van der Waals surface area contributed by atoms with E-state index in [1.54, 1.807) is 0 Å². The molecule has 0 fully saturated rings. The Morgan fingerprint density at radius 1 is 1.11 bits per heavy atom. The summed E-state index contributed by atoms with van der Waals surface area (Å²) in [5.74, 6) is 0.427. The average Bonchev–Trinajstić information content (AvgIpc) is 2.39. The molecule has 3 aromatic rings. The molecule has 0 radical (unpaired) electrons. The van der Waals surface area contributed by atoms with E-state index in [1.165, 1.54) is 18.3 Å². The van der Waals surface area contributed by atoms with Crippen molar-refractivity contribution in [3.8, 4) is 17.1 Å². The first kappa shape index (κ1) is 10.5. The van der Waals surface area contributed by atoms with Gasteiger partial charge in [0.05, 0.1) is 6.20 Å². The maximum atomic E-state index is 11.9. The molecule has 0 amide bonds. The van der Waals surface area contributed by atoms with Gasteiger partial charge in [0.25, 0.3) is 0 Å². The van der Waals surface area contributed by atoms with Gasteiger partial charge in [-0.05, 0) is 0 Å². The highest BCUT2D eigenvalue weighted by Crippen LogP contribution is 2.22. The zero-order valence-electron chi connectivity index (χ0n) is 9.33. The van der Waals surface area contributed by atoms with Crippen molar-refractivity contribution in [2.45, 2.75) is 0 Å². The highest BCUT2D eigenvalue weighted by atomic mass is 16.3. The van der Waals surface area contributed by atoms with Gasteiger partial charge in [-0.3, -0.25) is 4.79 Å². The molecule has 4 nitrogen and oxygen atoms in total. The van der Waals surface area contributed by atoms with Crippen molar-refractivity contribution in [2.24, 2.45) is 0 Å². The van der Waals surface area contributed by atoms with E-state index in [2.05, 4.69) is 4.98 Å². The van der Waals surface area contributed by atoms with Gasteiger partial charge in [0.1, 0.15) is 11.5 Å². The van der Waals surface area contributed by atoms with Crippen molar-refractivity contribution in [1.82, 2.24) is 4.98 Å². The van der Waals surface area contributed by atoms with Gasteiger partial charge in [-0.15, -0.1) is 0 Å². The lowest BCUT2D eigenvalue weighted by Crippen LogP contribution is -2.02. The first-order chi connectivity index (χ1) is 8.74. The summed E-state index contributed by atoms with van der Waals surface area (Å²) in [6, 6.07) is 12.1. The number of hydrogen-bond donors (Lipinski definition) is 1. The van der Waals surface area contributed by atoms with Crippen LogP contribution in [0.1, 0.15) is 0 Å². The van der Waals surface area contributed by atoms with E-state index in [9.17, 15) is 9.90 Å². The van der Waals surface area contributed by atoms with Gasteiger partial charge in [0.15, 0.2) is 11.1 Å². The van der Waals surface area contributed by atoms with Crippen LogP contribution in [0.15, 0.2) is 57.9 Å². The molecule has 0 aliphatic heterocycles. The van der Waals surface area contributed by atoms with E-state index in [0.29, 0.717) is 5.76 Å². The first-order valence-electron chi connectivity index (χ1n) is 5.42. The largest absolute Gasteiger partial charge is 0.506 e. The maximum absolute atomic E-state index is 11.9. The molecule has 1 aromatic carbocycles. The van der Waals surface area contributed by atoms with Crippen LogP contribution >= 0.6 is 0 Å². The molecule has 4 heteroatoms. The van der Waals surface area contributed by atoms with E-state index < -0.39 is 0 Å². The minimum Gasteiger partial charge on any atom is -0.506 e. The molecule has 88 valence electrons. The minimum absolute atomic E-state index is 0.0316. The van der Waals surface area contributed by atoms with Gasteiger partial charge in [-0.2, -0.15) is 0 Å². The van der Waals surface area contributed by atoms with E-state index >= 15 is 0 Å². The SMILES string of the molecule is O=c1cc(-c2ccccc2)oc2cc(O)cnc12. The lowest BCUT2D eigenvalue weighted by atomic mass is 10.1. The second-order valence-electron chi connectivity index (χ2n) is 3.88. The van der Waals surface area contributed by atoms with Crippen LogP contribution in [-0.4, -0.2) is 10.1 Å². The van der Waals surface area contributed by atoms with E-state index in [-0.39, 0.29) is 22.3 Å². The summed E-state index contributed by atoms with van der Waals surface area (Å²) in [7, 11) is 0. The van der Waals surface area contributed by atoms with Crippen molar-refractivity contribution in [3.05, 3.63) is 58.9 Å². The normalized spacial score (nSPS) is 10.7.